The maximum atomic E-state index is 13.1. The van der Waals surface area contributed by atoms with Crippen LogP contribution in [0.1, 0.15) is 121 Å². The highest BCUT2D eigenvalue weighted by atomic mass is 16.6. The summed E-state index contributed by atoms with van der Waals surface area (Å²) in [7, 11) is 0. The number of carbonyl (C=O) groups excluding carboxylic acids is 6. The summed E-state index contributed by atoms with van der Waals surface area (Å²) in [6.45, 7) is 21.4. The Labute approximate surface area is 385 Å². The number of nitrogens with one attached hydrogen (secondary N) is 5. The first kappa shape index (κ1) is 51.3. The number of hydrogen-bond acceptors (Lipinski definition) is 12. The fourth-order valence-electron chi connectivity index (χ4n) is 5.67. The minimum atomic E-state index is -0.845. The van der Waals surface area contributed by atoms with E-state index in [-0.39, 0.29) is 29.7 Å². The lowest BCUT2D eigenvalue weighted by atomic mass is 9.99. The van der Waals surface area contributed by atoms with E-state index in [1.807, 2.05) is 18.2 Å². The highest BCUT2D eigenvalue weighted by Gasteiger charge is 2.26. The lowest BCUT2D eigenvalue weighted by Crippen LogP contribution is -2.48. The molecule has 0 atom stereocenters. The second-order valence-corrected chi connectivity index (χ2v) is 19.0. The predicted molar refractivity (Wildman–Crippen MR) is 250 cm³/mol. The number of rotatable bonds is 7. The minimum absolute atomic E-state index is 0.0177. The molecule has 4 rings (SSSR count). The molecular weight excluding hydrogens is 851 g/mol. The number of ether oxygens (including phenoxy) is 4. The zero-order chi connectivity index (χ0) is 49.0. The Morgan fingerprint density at radius 1 is 0.621 bits per heavy atom. The molecule has 0 unspecified atom stereocenters. The van der Waals surface area contributed by atoms with Gasteiger partial charge in [-0.3, -0.25) is 30.5 Å². The van der Waals surface area contributed by atoms with E-state index >= 15 is 0 Å². The molecule has 0 fully saturated rings. The Balaban J connectivity index is 1.32. The molecule has 0 bridgehead atoms. The Morgan fingerprint density at radius 2 is 1.12 bits per heavy atom. The summed E-state index contributed by atoms with van der Waals surface area (Å²) in [5.41, 5.74) is 0.862. The average Bonchev–Trinajstić information content (AvgIpc) is 3.18. The summed E-state index contributed by atoms with van der Waals surface area (Å²) in [5, 5.41) is 13.1. The van der Waals surface area contributed by atoms with Crippen LogP contribution in [0.15, 0.2) is 82.9 Å². The van der Waals surface area contributed by atoms with E-state index in [0.717, 1.165) is 11.1 Å². The van der Waals surface area contributed by atoms with E-state index in [9.17, 15) is 28.8 Å². The maximum Gasteiger partial charge on any atom is 0.437 e. The number of aromatic nitrogens is 1. The van der Waals surface area contributed by atoms with Gasteiger partial charge in [-0.1, -0.05) is 30.3 Å². The molecule has 2 aromatic carbocycles. The van der Waals surface area contributed by atoms with Crippen LogP contribution in [0.4, 0.5) is 30.6 Å². The van der Waals surface area contributed by atoms with E-state index in [1.165, 1.54) is 18.3 Å². The molecule has 1 aliphatic heterocycles. The molecule has 0 saturated carbocycles. The van der Waals surface area contributed by atoms with E-state index in [0.29, 0.717) is 36.4 Å². The summed E-state index contributed by atoms with van der Waals surface area (Å²) in [6.07, 6.45) is 0.618. The van der Waals surface area contributed by atoms with Crippen LogP contribution in [-0.4, -0.2) is 93.5 Å². The smallest absolute Gasteiger partial charge is 0.437 e. The van der Waals surface area contributed by atoms with Gasteiger partial charge >= 0.3 is 24.4 Å². The monoisotopic (exact) mass is 911 g/mol. The highest BCUT2D eigenvalue weighted by Crippen LogP contribution is 2.25. The average molecular weight is 912 g/mol. The van der Waals surface area contributed by atoms with Crippen molar-refractivity contribution in [3.05, 3.63) is 95.3 Å². The van der Waals surface area contributed by atoms with Gasteiger partial charge in [0.05, 0.1) is 12.1 Å². The second-order valence-electron chi connectivity index (χ2n) is 19.0. The van der Waals surface area contributed by atoms with Crippen molar-refractivity contribution < 1.29 is 47.7 Å². The Hall–Kier alpha value is -7.31. The van der Waals surface area contributed by atoms with Crippen molar-refractivity contribution >= 4 is 65.1 Å². The van der Waals surface area contributed by atoms with Crippen LogP contribution < -0.4 is 26.6 Å². The molecule has 3 aromatic rings. The molecule has 2 heterocycles. The quantitative estimate of drug-likeness (QED) is 0.0853. The van der Waals surface area contributed by atoms with Gasteiger partial charge in [0.2, 0.25) is 11.9 Å². The van der Waals surface area contributed by atoms with E-state index in [2.05, 4.69) is 41.6 Å². The van der Waals surface area contributed by atoms with Crippen LogP contribution in [0, 0.1) is 0 Å². The molecule has 19 heteroatoms. The number of pyridine rings is 1. The van der Waals surface area contributed by atoms with Crippen LogP contribution in [-0.2, 0) is 25.5 Å². The van der Waals surface area contributed by atoms with Crippen LogP contribution in [0.3, 0.4) is 0 Å². The SMILES string of the molecule is CC(C)(C)OC(=O)/N=C(/NC(=O)OC(C)(C)C)N1CC=C(c2ccc(NC(=O)c3ccc(C(=O)Nc4ccc(CN=C(NC(=O)OC(C)(C)C)NC(=O)OC(C)(C)C)cc4)nc3)cc2)CC1. The van der Waals surface area contributed by atoms with Gasteiger partial charge in [0.25, 0.3) is 11.8 Å². The molecule has 1 aliphatic rings. The van der Waals surface area contributed by atoms with Crippen molar-refractivity contribution in [2.75, 3.05) is 23.7 Å². The molecule has 66 heavy (non-hydrogen) atoms. The molecule has 1 aromatic heterocycles. The van der Waals surface area contributed by atoms with Crippen molar-refractivity contribution in [2.45, 2.75) is 118 Å². The fraction of sp³-hybridized carbons (Fsp3) is 0.426. The lowest BCUT2D eigenvalue weighted by molar-refractivity contribution is 0.0528. The number of carbonyl (C=O) groups is 6. The fourth-order valence-corrected chi connectivity index (χ4v) is 5.67. The van der Waals surface area contributed by atoms with Gasteiger partial charge in [-0.25, -0.2) is 24.2 Å². The van der Waals surface area contributed by atoms with Crippen LogP contribution in [0.25, 0.3) is 5.57 Å². The van der Waals surface area contributed by atoms with Crippen molar-refractivity contribution in [3.63, 3.8) is 0 Å². The van der Waals surface area contributed by atoms with Gasteiger partial charge in [-0.15, -0.1) is 4.99 Å². The van der Waals surface area contributed by atoms with E-state index < -0.39 is 58.6 Å². The van der Waals surface area contributed by atoms with Crippen molar-refractivity contribution in [1.29, 1.82) is 0 Å². The van der Waals surface area contributed by atoms with E-state index in [4.69, 9.17) is 18.9 Å². The molecule has 5 N–H and O–H groups in total. The third-order valence-corrected chi connectivity index (χ3v) is 8.35. The summed E-state index contributed by atoms with van der Waals surface area (Å²) in [6, 6.07) is 17.0. The molecular formula is C47H61N9O10. The first-order valence-corrected chi connectivity index (χ1v) is 21.2. The molecule has 19 nitrogen and oxygen atoms in total. The van der Waals surface area contributed by atoms with Crippen molar-refractivity contribution in [2.24, 2.45) is 9.98 Å². The van der Waals surface area contributed by atoms with Gasteiger partial charge in [0, 0.05) is 30.7 Å². The number of benzene rings is 2. The zero-order valence-electron chi connectivity index (χ0n) is 39.6. The Bertz CT molecular complexity index is 2300. The summed E-state index contributed by atoms with van der Waals surface area (Å²) < 4.78 is 21.3. The lowest BCUT2D eigenvalue weighted by Gasteiger charge is -2.30. The zero-order valence-corrected chi connectivity index (χ0v) is 39.6. The third-order valence-electron chi connectivity index (χ3n) is 8.35. The van der Waals surface area contributed by atoms with Gasteiger partial charge in [-0.2, -0.15) is 0 Å². The van der Waals surface area contributed by atoms with Gasteiger partial charge in [-0.05, 0) is 143 Å². The van der Waals surface area contributed by atoms with Gasteiger partial charge in [0.1, 0.15) is 28.1 Å². The second kappa shape index (κ2) is 21.6. The van der Waals surface area contributed by atoms with Crippen molar-refractivity contribution in [1.82, 2.24) is 25.8 Å². The van der Waals surface area contributed by atoms with Gasteiger partial charge in [0.15, 0.2) is 0 Å². The third kappa shape index (κ3) is 18.4. The Morgan fingerprint density at radius 3 is 1.59 bits per heavy atom. The van der Waals surface area contributed by atoms with Crippen molar-refractivity contribution in [3.8, 4) is 0 Å². The number of amides is 6. The van der Waals surface area contributed by atoms with E-state index in [1.54, 1.807) is 124 Å². The number of aliphatic imine (C=N–C) groups is 2. The summed E-state index contributed by atoms with van der Waals surface area (Å²) >= 11 is 0. The normalized spacial score (nSPS) is 13.2. The Kier molecular flexibility index (Phi) is 16.8. The van der Waals surface area contributed by atoms with Crippen LogP contribution in [0.5, 0.6) is 0 Å². The minimum Gasteiger partial charge on any atom is -0.444 e. The number of hydrogen-bond donors (Lipinski definition) is 5. The number of guanidine groups is 2. The first-order valence-electron chi connectivity index (χ1n) is 21.2. The number of nitrogens with zero attached hydrogens (tertiary/aromatic N) is 4. The van der Waals surface area contributed by atoms with Crippen LogP contribution in [0.2, 0.25) is 0 Å². The molecule has 6 amide bonds. The molecule has 0 spiro atoms. The maximum absolute atomic E-state index is 13.1. The summed E-state index contributed by atoms with van der Waals surface area (Å²) in [5.74, 6) is -1.08. The van der Waals surface area contributed by atoms with Crippen LogP contribution >= 0.6 is 0 Å². The molecule has 0 aliphatic carbocycles. The largest absolute Gasteiger partial charge is 0.444 e. The molecule has 354 valence electrons. The molecule has 0 saturated heterocycles. The highest BCUT2D eigenvalue weighted by molar-refractivity contribution is 6.06. The number of alkyl carbamates (subject to hydrolysis) is 3. The predicted octanol–water partition coefficient (Wildman–Crippen LogP) is 8.40. The van der Waals surface area contributed by atoms with Gasteiger partial charge < -0.3 is 34.5 Å². The molecule has 0 radical (unpaired) electrons. The standard InChI is InChI=1S/C47H61N9O10/c1-44(2,3)63-40(59)52-38(53-41(60)64-45(4,5)6)49-27-29-13-18-33(19-14-29)51-37(58)35-22-17-32(28-48-35)36(57)50-34-20-15-30(16-21-34)31-23-25-56(26-24-31)39(54-42(61)65-46(7,8)9)55-43(62)66-47(10,11)12/h13-23,28H,24-27H2,1-12H3,(H,50,57)(H,51,58)(H,54,55,61,62)(H2,49,52,53,59,60). The number of anilines is 2. The summed E-state index contributed by atoms with van der Waals surface area (Å²) in [4.78, 5) is 90.4. The topological polar surface area (TPSA) is 240 Å². The first-order chi connectivity index (χ1) is 30.6.